The average Bonchev–Trinajstić information content (AvgIpc) is 3.32. The second-order valence-corrected chi connectivity index (χ2v) is 10.1. The van der Waals surface area contributed by atoms with Crippen LogP contribution in [0.2, 0.25) is 0 Å². The highest BCUT2D eigenvalue weighted by Gasteiger charge is 2.35. The molecule has 1 aromatic heterocycles. The lowest BCUT2D eigenvalue weighted by Crippen LogP contribution is -2.45. The lowest BCUT2D eigenvalue weighted by atomic mass is 9.84. The molecule has 1 amide bonds. The third kappa shape index (κ3) is 4.95. The molecule has 1 unspecified atom stereocenters. The van der Waals surface area contributed by atoms with Crippen LogP contribution < -0.4 is 10.9 Å². The number of hydrogen-bond acceptors (Lipinski definition) is 6. The summed E-state index contributed by atoms with van der Waals surface area (Å²) in [7, 11) is 0. The molecule has 1 aliphatic carbocycles. The summed E-state index contributed by atoms with van der Waals surface area (Å²) in [6.07, 6.45) is 6.40. The van der Waals surface area contributed by atoms with Gasteiger partial charge in [-0.05, 0) is 31.2 Å². The molecule has 3 heterocycles. The first kappa shape index (κ1) is 23.6. The quantitative estimate of drug-likeness (QED) is 0.447. The number of carbonyl (C=O) groups is 1. The fourth-order valence-electron chi connectivity index (χ4n) is 5.16. The normalized spacial score (nSPS) is 22.4. The molecule has 34 heavy (non-hydrogen) atoms. The highest BCUT2D eigenvalue weighted by Crippen LogP contribution is 2.37. The van der Waals surface area contributed by atoms with Gasteiger partial charge in [0.2, 0.25) is 5.91 Å². The van der Waals surface area contributed by atoms with Crippen molar-refractivity contribution in [3.8, 4) is 0 Å². The first-order valence-electron chi connectivity index (χ1n) is 12.6. The van der Waals surface area contributed by atoms with Gasteiger partial charge in [-0.25, -0.2) is 4.98 Å². The van der Waals surface area contributed by atoms with Crippen LogP contribution in [0, 0.1) is 0 Å². The Labute approximate surface area is 206 Å². The number of nitrogens with zero attached hydrogens (tertiary/aromatic N) is 3. The predicted molar refractivity (Wildman–Crippen MR) is 134 cm³/mol. The Morgan fingerprint density at radius 1 is 1.18 bits per heavy atom. The van der Waals surface area contributed by atoms with Crippen LogP contribution in [0.25, 0.3) is 0 Å². The topological polar surface area (TPSA) is 76.5 Å². The zero-order valence-corrected chi connectivity index (χ0v) is 20.5. The zero-order chi connectivity index (χ0) is 23.5. The second-order valence-electron chi connectivity index (χ2n) is 9.63. The summed E-state index contributed by atoms with van der Waals surface area (Å²) >= 11 is 4.77. The number of benzene rings is 1. The number of hydrogen-bond donors (Lipinski definition) is 2. The van der Waals surface area contributed by atoms with Crippen LogP contribution in [0.3, 0.4) is 0 Å². The molecule has 0 bridgehead atoms. The number of amides is 1. The minimum absolute atomic E-state index is 0.0133. The van der Waals surface area contributed by atoms with E-state index in [9.17, 15) is 9.59 Å². The average molecular weight is 483 g/mol. The molecule has 1 N–H and O–H groups in total. The van der Waals surface area contributed by atoms with Crippen LogP contribution in [-0.4, -0.2) is 46.2 Å². The summed E-state index contributed by atoms with van der Waals surface area (Å²) in [5.41, 5.74) is 2.54. The smallest absolute Gasteiger partial charge is 0.260 e. The second kappa shape index (κ2) is 10.6. The Morgan fingerprint density at radius 2 is 2.00 bits per heavy atom. The summed E-state index contributed by atoms with van der Waals surface area (Å²) in [5, 5.41) is 2.78. The molecule has 2 atom stereocenters. The number of ether oxygens (including phenoxy) is 1. The summed E-state index contributed by atoms with van der Waals surface area (Å²) in [6, 6.07) is 10.1. The van der Waals surface area contributed by atoms with Gasteiger partial charge in [0.15, 0.2) is 0 Å². The molecule has 2 fully saturated rings. The third-order valence-corrected chi connectivity index (χ3v) is 7.88. The van der Waals surface area contributed by atoms with Crippen LogP contribution in [0.1, 0.15) is 72.5 Å². The van der Waals surface area contributed by atoms with E-state index in [4.69, 9.17) is 22.3 Å². The van der Waals surface area contributed by atoms with Crippen molar-refractivity contribution >= 4 is 18.5 Å². The summed E-state index contributed by atoms with van der Waals surface area (Å²) < 4.78 is 7.68. The van der Waals surface area contributed by atoms with Crippen LogP contribution >= 0.6 is 12.6 Å². The van der Waals surface area contributed by atoms with Crippen LogP contribution in [0.5, 0.6) is 0 Å². The van der Waals surface area contributed by atoms with E-state index in [1.807, 2.05) is 22.8 Å². The van der Waals surface area contributed by atoms with E-state index in [-0.39, 0.29) is 17.6 Å². The first-order valence-corrected chi connectivity index (χ1v) is 13.1. The molecule has 1 saturated carbocycles. The van der Waals surface area contributed by atoms with Gasteiger partial charge >= 0.3 is 0 Å². The van der Waals surface area contributed by atoms with Crippen LogP contribution in [-0.2, 0) is 29.0 Å². The molecule has 182 valence electrons. The van der Waals surface area contributed by atoms with Gasteiger partial charge < -0.3 is 15.0 Å². The van der Waals surface area contributed by atoms with Gasteiger partial charge in [-0.3, -0.25) is 14.2 Å². The molecule has 5 rings (SSSR count). The zero-order valence-electron chi connectivity index (χ0n) is 19.6. The maximum Gasteiger partial charge on any atom is 0.260 e. The summed E-state index contributed by atoms with van der Waals surface area (Å²) in [5.74, 6) is 1.28. The van der Waals surface area contributed by atoms with Gasteiger partial charge in [-0.1, -0.05) is 36.8 Å². The van der Waals surface area contributed by atoms with Crippen LogP contribution in [0.15, 0.2) is 35.1 Å². The number of thiol groups is 1. The van der Waals surface area contributed by atoms with E-state index in [2.05, 4.69) is 17.4 Å². The fraction of sp³-hybridized carbons (Fsp3) is 0.577. The standard InChI is InChI=1S/C26H34N4O3S/c31-22(11-13-27-16-18-6-2-1-3-7-18)29-14-12-21-23(26(29)34)25(32)30(17-20-10-5-15-33-20)24(28-21)19-8-4-9-19/h1-3,6-7,19-20,26-27,34H,4-5,8-17H2/t20-,26?/m1/s1. The summed E-state index contributed by atoms with van der Waals surface area (Å²) in [6.45, 7) is 3.16. The monoisotopic (exact) mass is 482 g/mol. The van der Waals surface area contributed by atoms with Gasteiger partial charge in [0.25, 0.3) is 5.56 Å². The molecular formula is C26H34N4O3S. The Bertz CT molecular complexity index is 1060. The molecular weight excluding hydrogens is 448 g/mol. The number of nitrogens with one attached hydrogen (secondary N) is 1. The van der Waals surface area contributed by atoms with Crippen molar-refractivity contribution in [1.29, 1.82) is 0 Å². The van der Waals surface area contributed by atoms with Crippen molar-refractivity contribution in [2.45, 2.75) is 75.4 Å². The Morgan fingerprint density at radius 3 is 2.71 bits per heavy atom. The van der Waals surface area contributed by atoms with Gasteiger partial charge in [-0.2, -0.15) is 0 Å². The van der Waals surface area contributed by atoms with Crippen molar-refractivity contribution in [2.24, 2.45) is 0 Å². The van der Waals surface area contributed by atoms with Crippen molar-refractivity contribution in [1.82, 2.24) is 19.8 Å². The Kier molecular flexibility index (Phi) is 7.37. The predicted octanol–water partition coefficient (Wildman–Crippen LogP) is 3.18. The fourth-order valence-corrected chi connectivity index (χ4v) is 5.67. The van der Waals surface area contributed by atoms with Gasteiger partial charge in [0.05, 0.1) is 23.9 Å². The van der Waals surface area contributed by atoms with E-state index in [0.29, 0.717) is 44.0 Å². The highest BCUT2D eigenvalue weighted by molar-refractivity contribution is 7.80. The lowest BCUT2D eigenvalue weighted by molar-refractivity contribution is -0.132. The molecule has 0 spiro atoms. The molecule has 3 aliphatic rings. The van der Waals surface area contributed by atoms with E-state index < -0.39 is 5.37 Å². The number of rotatable bonds is 8. The largest absolute Gasteiger partial charge is 0.376 e. The lowest BCUT2D eigenvalue weighted by Gasteiger charge is -2.36. The Hall–Kier alpha value is -2.16. The van der Waals surface area contributed by atoms with E-state index in [1.165, 1.54) is 12.0 Å². The van der Waals surface area contributed by atoms with Gasteiger partial charge in [0.1, 0.15) is 11.2 Å². The molecule has 8 heteroatoms. The minimum atomic E-state index is -0.559. The SMILES string of the molecule is O=C(CCNCc1ccccc1)N1CCc2nc(C3CCC3)n(C[C@H]3CCCO3)c(=O)c2C1S. The van der Waals surface area contributed by atoms with E-state index in [0.717, 1.165) is 50.4 Å². The summed E-state index contributed by atoms with van der Waals surface area (Å²) in [4.78, 5) is 33.5. The number of fused-ring (bicyclic) bond motifs is 1. The molecule has 2 aromatic rings. The first-order chi connectivity index (χ1) is 16.6. The minimum Gasteiger partial charge on any atom is -0.376 e. The molecule has 7 nitrogen and oxygen atoms in total. The molecule has 0 radical (unpaired) electrons. The highest BCUT2D eigenvalue weighted by atomic mass is 32.1. The van der Waals surface area contributed by atoms with Crippen molar-refractivity contribution in [3.05, 3.63) is 63.3 Å². The molecule has 2 aliphatic heterocycles. The maximum absolute atomic E-state index is 13.7. The van der Waals surface area contributed by atoms with E-state index in [1.54, 1.807) is 4.90 Å². The Balaban J connectivity index is 1.30. The van der Waals surface area contributed by atoms with Gasteiger partial charge in [0, 0.05) is 45.0 Å². The maximum atomic E-state index is 13.7. The van der Waals surface area contributed by atoms with Crippen molar-refractivity contribution in [3.63, 3.8) is 0 Å². The number of carbonyl (C=O) groups excluding carboxylic acids is 1. The number of aromatic nitrogens is 2. The van der Waals surface area contributed by atoms with Crippen molar-refractivity contribution < 1.29 is 9.53 Å². The van der Waals surface area contributed by atoms with E-state index >= 15 is 0 Å². The van der Waals surface area contributed by atoms with Crippen LogP contribution in [0.4, 0.5) is 0 Å². The molecule has 1 aromatic carbocycles. The van der Waals surface area contributed by atoms with Crippen molar-refractivity contribution in [2.75, 3.05) is 19.7 Å². The molecule has 1 saturated heterocycles. The van der Waals surface area contributed by atoms with Gasteiger partial charge in [-0.15, -0.1) is 12.6 Å². The third-order valence-electron chi connectivity index (χ3n) is 7.34.